The van der Waals surface area contributed by atoms with Gasteiger partial charge in [-0.05, 0) is 61.0 Å². The number of nitriles is 1. The minimum atomic E-state index is -0.227. The third-order valence-electron chi connectivity index (χ3n) is 7.16. The number of ketones is 1. The van der Waals surface area contributed by atoms with Gasteiger partial charge in [0.05, 0.1) is 11.8 Å². The molecule has 0 amide bonds. The zero-order chi connectivity index (χ0) is 27.2. The monoisotopic (exact) mass is 515 g/mol. The van der Waals surface area contributed by atoms with Crippen LogP contribution >= 0.6 is 11.8 Å². The second-order valence-corrected chi connectivity index (χ2v) is 11.3. The Morgan fingerprint density at radius 3 is 2.22 bits per heavy atom. The lowest BCUT2D eigenvalue weighted by atomic mass is 9.76. The van der Waals surface area contributed by atoms with E-state index in [0.29, 0.717) is 10.8 Å². The lowest BCUT2D eigenvalue weighted by Gasteiger charge is -2.30. The quantitative estimate of drug-likeness (QED) is 0.121. The number of rotatable bonds is 12. The van der Waals surface area contributed by atoms with Crippen LogP contribution in [0.25, 0.3) is 0 Å². The molecule has 2 aliphatic carbocycles. The Kier molecular flexibility index (Phi) is 21.4. The van der Waals surface area contributed by atoms with Crippen molar-refractivity contribution in [3.63, 3.8) is 0 Å². The molecule has 2 fully saturated rings. The average Bonchev–Trinajstić information content (AvgIpc) is 2.85. The summed E-state index contributed by atoms with van der Waals surface area (Å²) >= 11 is 1.43. The summed E-state index contributed by atoms with van der Waals surface area (Å²) < 4.78 is 0. The van der Waals surface area contributed by atoms with Crippen LogP contribution in [0.1, 0.15) is 125 Å². The molecule has 2 rings (SSSR count). The molecule has 2 unspecified atom stereocenters. The van der Waals surface area contributed by atoms with Crippen molar-refractivity contribution in [1.29, 1.82) is 5.26 Å². The van der Waals surface area contributed by atoms with Crippen LogP contribution in [0.2, 0.25) is 0 Å². The summed E-state index contributed by atoms with van der Waals surface area (Å²) in [6.07, 6.45) is 24.3. The van der Waals surface area contributed by atoms with Crippen LogP contribution in [0.15, 0.2) is 46.5 Å². The lowest BCUT2D eigenvalue weighted by Crippen LogP contribution is -2.17. The minimum absolute atomic E-state index is 0.148. The van der Waals surface area contributed by atoms with E-state index in [1.165, 1.54) is 107 Å². The molecule has 2 saturated carbocycles. The zero-order valence-corrected chi connectivity index (χ0v) is 24.7. The van der Waals surface area contributed by atoms with Crippen molar-refractivity contribution in [3.05, 3.63) is 46.5 Å². The Labute approximate surface area is 227 Å². The molecule has 0 bridgehead atoms. The first kappa shape index (κ1) is 34.3. The Morgan fingerprint density at radius 2 is 1.81 bits per heavy atom. The first-order valence-corrected chi connectivity index (χ1v) is 15.2. The number of thioether (sulfide) groups is 1. The number of carbonyl (C=O) groups is 1. The van der Waals surface area contributed by atoms with Gasteiger partial charge in [-0.1, -0.05) is 123 Å². The molecule has 4 heteroatoms. The van der Waals surface area contributed by atoms with Crippen molar-refractivity contribution in [2.75, 3.05) is 0 Å². The van der Waals surface area contributed by atoms with Crippen molar-refractivity contribution in [2.24, 2.45) is 17.8 Å². The van der Waals surface area contributed by atoms with Gasteiger partial charge in [-0.2, -0.15) is 5.26 Å². The van der Waals surface area contributed by atoms with Gasteiger partial charge in [-0.15, -0.1) is 0 Å². The van der Waals surface area contributed by atoms with Gasteiger partial charge in [-0.25, -0.2) is 0 Å². The van der Waals surface area contributed by atoms with Crippen LogP contribution < -0.4 is 0 Å². The highest BCUT2D eigenvalue weighted by atomic mass is 32.2. The smallest absolute Gasteiger partial charge is 0.170 e. The molecular weight excluding hydrogens is 462 g/mol. The van der Waals surface area contributed by atoms with Crippen molar-refractivity contribution in [3.8, 4) is 6.07 Å². The summed E-state index contributed by atoms with van der Waals surface area (Å²) in [6, 6.07) is 1.86. The average molecular weight is 516 g/mol. The van der Waals surface area contributed by atoms with E-state index in [9.17, 15) is 4.79 Å². The molecular formula is C32H53NO2S. The number of allylic oxidation sites excluding steroid dienone is 4. The fraction of sp³-hybridized carbons (Fsp3) is 0.688. The van der Waals surface area contributed by atoms with E-state index < -0.39 is 0 Å². The lowest BCUT2D eigenvalue weighted by molar-refractivity contribution is -0.113. The van der Waals surface area contributed by atoms with Crippen molar-refractivity contribution in [2.45, 2.75) is 125 Å². The molecule has 0 radical (unpaired) electrons. The Hall–Kier alpha value is -1.73. The summed E-state index contributed by atoms with van der Waals surface area (Å²) in [5, 5.41) is 18.9. The predicted molar refractivity (Wildman–Crippen MR) is 159 cm³/mol. The van der Waals surface area contributed by atoms with Gasteiger partial charge in [-0.3, -0.25) is 4.79 Å². The largest absolute Gasteiger partial charge is 0.516 e. The third-order valence-corrected chi connectivity index (χ3v) is 7.87. The summed E-state index contributed by atoms with van der Waals surface area (Å²) in [6.45, 7) is 14.1. The van der Waals surface area contributed by atoms with Crippen LogP contribution in [-0.4, -0.2) is 10.9 Å². The first-order valence-electron chi connectivity index (χ1n) is 14.3. The summed E-state index contributed by atoms with van der Waals surface area (Å²) in [7, 11) is 0. The number of aliphatic hydroxyl groups is 1. The van der Waals surface area contributed by atoms with Crippen LogP contribution in [-0.2, 0) is 4.79 Å². The Balaban J connectivity index is 0.000000555. The van der Waals surface area contributed by atoms with Gasteiger partial charge in [0.2, 0.25) is 0 Å². The second-order valence-electron chi connectivity index (χ2n) is 10.3. The van der Waals surface area contributed by atoms with E-state index in [-0.39, 0.29) is 11.4 Å². The highest BCUT2D eigenvalue weighted by Gasteiger charge is 2.22. The van der Waals surface area contributed by atoms with E-state index in [1.54, 1.807) is 0 Å². The van der Waals surface area contributed by atoms with Gasteiger partial charge >= 0.3 is 0 Å². The molecule has 0 aliphatic heterocycles. The maximum absolute atomic E-state index is 11.0. The fourth-order valence-corrected chi connectivity index (χ4v) is 5.08. The number of nitrogens with zero attached hydrogens (tertiary/aromatic N) is 1. The molecule has 3 nitrogen and oxygen atoms in total. The zero-order valence-electron chi connectivity index (χ0n) is 23.9. The fourth-order valence-electron chi connectivity index (χ4n) is 4.37. The standard InChI is InChI=1S/C14H28.C13H17NOS.C5H8O/c1-3-5-10-13(9-4-2)14-11-7-6-8-12-14;1-5-10(2)6-7-16-11(3)8-13(9-14)12(4)15;6-4-5-2-1-3-5/h13-14H,3-12H2,1-2H3;6-8,10H,3,5H2,1-2,4H3;4,6H,1-3H2/b;7-6-,13-8+;. The summed E-state index contributed by atoms with van der Waals surface area (Å²) in [5.74, 6) is 2.47. The van der Waals surface area contributed by atoms with Crippen molar-refractivity contribution < 1.29 is 9.90 Å². The van der Waals surface area contributed by atoms with E-state index in [4.69, 9.17) is 10.4 Å². The van der Waals surface area contributed by atoms with Gasteiger partial charge in [0.25, 0.3) is 0 Å². The van der Waals surface area contributed by atoms with Gasteiger partial charge < -0.3 is 5.11 Å². The van der Waals surface area contributed by atoms with Crippen LogP contribution in [0, 0.1) is 29.1 Å². The maximum Gasteiger partial charge on any atom is 0.170 e. The molecule has 0 aromatic heterocycles. The van der Waals surface area contributed by atoms with Gasteiger partial charge in [0, 0.05) is 4.91 Å². The van der Waals surface area contributed by atoms with E-state index in [0.717, 1.165) is 31.1 Å². The van der Waals surface area contributed by atoms with Gasteiger partial charge in [0.15, 0.2) is 5.78 Å². The van der Waals surface area contributed by atoms with E-state index >= 15 is 0 Å². The molecule has 0 aromatic rings. The number of carbonyl (C=O) groups excluding carboxylic acids is 1. The normalized spacial score (nSPS) is 17.4. The van der Waals surface area contributed by atoms with Crippen LogP contribution in [0.4, 0.5) is 0 Å². The summed E-state index contributed by atoms with van der Waals surface area (Å²) in [4.78, 5) is 11.7. The Bertz CT molecular complexity index is 732. The van der Waals surface area contributed by atoms with E-state index in [1.807, 2.05) is 11.5 Å². The molecule has 0 spiro atoms. The number of unbranched alkanes of at least 4 members (excludes halogenated alkanes) is 1. The number of hydrogen-bond acceptors (Lipinski definition) is 4. The molecule has 204 valence electrons. The second kappa shape index (κ2) is 22.5. The Morgan fingerprint density at radius 1 is 1.14 bits per heavy atom. The first-order chi connectivity index (χ1) is 17.3. The highest BCUT2D eigenvalue weighted by Crippen LogP contribution is 2.35. The van der Waals surface area contributed by atoms with E-state index in [2.05, 4.69) is 40.3 Å². The highest BCUT2D eigenvalue weighted by molar-refractivity contribution is 8.06. The van der Waals surface area contributed by atoms with Crippen molar-refractivity contribution >= 4 is 17.5 Å². The number of aliphatic hydroxyl groups excluding tert-OH is 1. The molecule has 1 N–H and O–H groups in total. The van der Waals surface area contributed by atoms with Gasteiger partial charge in [0.1, 0.15) is 6.07 Å². The summed E-state index contributed by atoms with van der Waals surface area (Å²) in [5.41, 5.74) is 1.35. The molecule has 2 atom stereocenters. The molecule has 0 saturated heterocycles. The minimum Gasteiger partial charge on any atom is -0.516 e. The topological polar surface area (TPSA) is 61.1 Å². The maximum atomic E-state index is 11.0. The predicted octanol–water partition coefficient (Wildman–Crippen LogP) is 10.6. The van der Waals surface area contributed by atoms with Crippen LogP contribution in [0.5, 0.6) is 0 Å². The molecule has 36 heavy (non-hydrogen) atoms. The SMILES string of the molecule is C=C(/C=C(\C#N)C(C)=O)S/C=C\C(C)CC.CCCCC(CCC)C1CCCCC1.OC=C1CCC1. The van der Waals surface area contributed by atoms with Crippen molar-refractivity contribution in [1.82, 2.24) is 0 Å². The molecule has 2 aliphatic rings. The molecule has 0 heterocycles. The third kappa shape index (κ3) is 16.9. The number of Topliss-reactive ketones (excluding diaryl/α,β-unsaturated/α-hetero) is 1. The molecule has 0 aromatic carbocycles. The van der Waals surface area contributed by atoms with Crippen LogP contribution in [0.3, 0.4) is 0 Å². The number of hydrogen-bond donors (Lipinski definition) is 1.